The molecule has 5 unspecified atom stereocenters. The Kier molecular flexibility index (Phi) is 4.61. The van der Waals surface area contributed by atoms with Crippen LogP contribution in [-0.4, -0.2) is 55.5 Å². The molecule has 0 aromatic heterocycles. The molecule has 6 nitrogen and oxygen atoms in total. The van der Waals surface area contributed by atoms with E-state index in [1.807, 2.05) is 24.3 Å². The van der Waals surface area contributed by atoms with Gasteiger partial charge in [0.05, 0.1) is 39.8 Å². The zero-order chi connectivity index (χ0) is 19.2. The Morgan fingerprint density at radius 2 is 1.85 bits per heavy atom. The molecule has 1 spiro atoms. The van der Waals surface area contributed by atoms with Gasteiger partial charge in [-0.3, -0.25) is 0 Å². The highest BCUT2D eigenvalue weighted by atomic mass is 16.6. The SMILES string of the molecule is COC1=CC=CC2C(OC)=C(C3(O)CCCCC34OC4CO)C=C(OC)C12. The fourth-order valence-corrected chi connectivity index (χ4v) is 5.19. The standard InChI is InChI=1S/C21H28O6/c1-24-15-8-6-7-13-18(15)16(25-2)11-14(19(13)26-3)20(23)9-4-5-10-21(20)17(12-22)27-21/h6-8,11,13,17-18,22-23H,4-5,9-10,12H2,1-3H3. The molecule has 3 aliphatic carbocycles. The minimum Gasteiger partial charge on any atom is -0.500 e. The van der Waals surface area contributed by atoms with Crippen molar-refractivity contribution in [2.75, 3.05) is 27.9 Å². The summed E-state index contributed by atoms with van der Waals surface area (Å²) in [4.78, 5) is 0. The van der Waals surface area contributed by atoms with Gasteiger partial charge in [0.1, 0.15) is 34.6 Å². The third kappa shape index (κ3) is 2.50. The summed E-state index contributed by atoms with van der Waals surface area (Å²) >= 11 is 0. The topological polar surface area (TPSA) is 80.7 Å². The second kappa shape index (κ2) is 6.69. The molecule has 1 saturated carbocycles. The van der Waals surface area contributed by atoms with Crippen LogP contribution in [0.25, 0.3) is 0 Å². The highest BCUT2D eigenvalue weighted by molar-refractivity contribution is 5.48. The third-order valence-corrected chi connectivity index (χ3v) is 6.56. The average Bonchev–Trinajstić information content (AvgIpc) is 3.43. The quantitative estimate of drug-likeness (QED) is 0.716. The summed E-state index contributed by atoms with van der Waals surface area (Å²) in [7, 11) is 4.91. The van der Waals surface area contributed by atoms with Gasteiger partial charge in [0.25, 0.3) is 0 Å². The van der Waals surface area contributed by atoms with Gasteiger partial charge in [0.2, 0.25) is 0 Å². The zero-order valence-corrected chi connectivity index (χ0v) is 16.1. The molecule has 0 aromatic rings. The second-order valence-corrected chi connectivity index (χ2v) is 7.64. The van der Waals surface area contributed by atoms with Crippen LogP contribution in [-0.2, 0) is 18.9 Å². The van der Waals surface area contributed by atoms with E-state index in [0.29, 0.717) is 17.8 Å². The van der Waals surface area contributed by atoms with Crippen LogP contribution >= 0.6 is 0 Å². The molecule has 148 valence electrons. The van der Waals surface area contributed by atoms with Gasteiger partial charge in [-0.05, 0) is 25.0 Å². The molecule has 27 heavy (non-hydrogen) atoms. The van der Waals surface area contributed by atoms with Gasteiger partial charge in [-0.1, -0.05) is 25.0 Å². The Labute approximate surface area is 159 Å². The number of epoxide rings is 1. The van der Waals surface area contributed by atoms with E-state index in [9.17, 15) is 10.2 Å². The predicted molar refractivity (Wildman–Crippen MR) is 98.4 cm³/mol. The minimum atomic E-state index is -1.22. The van der Waals surface area contributed by atoms with Crippen molar-refractivity contribution in [3.05, 3.63) is 47.2 Å². The first kappa shape index (κ1) is 18.6. The summed E-state index contributed by atoms with van der Waals surface area (Å²) in [5.74, 6) is 1.98. The van der Waals surface area contributed by atoms with E-state index in [4.69, 9.17) is 18.9 Å². The van der Waals surface area contributed by atoms with E-state index >= 15 is 0 Å². The van der Waals surface area contributed by atoms with E-state index < -0.39 is 11.2 Å². The van der Waals surface area contributed by atoms with Gasteiger partial charge in [-0.15, -0.1) is 0 Å². The van der Waals surface area contributed by atoms with Crippen molar-refractivity contribution in [2.24, 2.45) is 11.8 Å². The minimum absolute atomic E-state index is 0.0960. The molecule has 2 N–H and O–H groups in total. The smallest absolute Gasteiger partial charge is 0.130 e. The van der Waals surface area contributed by atoms with Crippen LogP contribution in [0.2, 0.25) is 0 Å². The van der Waals surface area contributed by atoms with Crippen LogP contribution in [0, 0.1) is 11.8 Å². The molecule has 4 aliphatic rings. The van der Waals surface area contributed by atoms with Crippen LogP contribution in [0.4, 0.5) is 0 Å². The molecule has 4 rings (SSSR count). The number of fused-ring (bicyclic) bond motifs is 1. The molecule has 0 aromatic carbocycles. The van der Waals surface area contributed by atoms with Gasteiger partial charge < -0.3 is 29.2 Å². The highest BCUT2D eigenvalue weighted by Gasteiger charge is 2.70. The molecule has 0 bridgehead atoms. The van der Waals surface area contributed by atoms with Crippen LogP contribution in [0.15, 0.2) is 47.2 Å². The first-order valence-electron chi connectivity index (χ1n) is 9.54. The summed E-state index contributed by atoms with van der Waals surface area (Å²) in [5, 5.41) is 21.5. The molecule has 6 heteroatoms. The van der Waals surface area contributed by atoms with E-state index in [1.54, 1.807) is 21.3 Å². The molecular weight excluding hydrogens is 348 g/mol. The summed E-state index contributed by atoms with van der Waals surface area (Å²) in [6, 6.07) is 0. The molecule has 2 fully saturated rings. The number of hydrogen-bond donors (Lipinski definition) is 2. The summed E-state index contributed by atoms with van der Waals surface area (Å²) in [6.45, 7) is -0.0960. The fraction of sp³-hybridized carbons (Fsp3) is 0.619. The second-order valence-electron chi connectivity index (χ2n) is 7.64. The van der Waals surface area contributed by atoms with Gasteiger partial charge in [-0.25, -0.2) is 0 Å². The highest BCUT2D eigenvalue weighted by Crippen LogP contribution is 2.59. The first-order chi connectivity index (χ1) is 13.1. The Bertz CT molecular complexity index is 735. The Hall–Kier alpha value is -1.76. The lowest BCUT2D eigenvalue weighted by Gasteiger charge is -2.44. The van der Waals surface area contributed by atoms with E-state index in [1.165, 1.54) is 0 Å². The van der Waals surface area contributed by atoms with Crippen molar-refractivity contribution in [1.82, 2.24) is 0 Å². The number of ether oxygens (including phenoxy) is 4. The Balaban J connectivity index is 1.84. The average molecular weight is 376 g/mol. The number of allylic oxidation sites excluding steroid dienone is 3. The van der Waals surface area contributed by atoms with Crippen LogP contribution < -0.4 is 0 Å². The molecule has 1 aliphatic heterocycles. The first-order valence-corrected chi connectivity index (χ1v) is 9.54. The van der Waals surface area contributed by atoms with Crippen molar-refractivity contribution >= 4 is 0 Å². The van der Waals surface area contributed by atoms with E-state index in [-0.39, 0.29) is 24.5 Å². The van der Waals surface area contributed by atoms with Crippen molar-refractivity contribution in [1.29, 1.82) is 0 Å². The maximum absolute atomic E-state index is 11.9. The fourth-order valence-electron chi connectivity index (χ4n) is 5.19. The Morgan fingerprint density at radius 1 is 1.11 bits per heavy atom. The van der Waals surface area contributed by atoms with E-state index in [0.717, 1.165) is 30.8 Å². The van der Waals surface area contributed by atoms with Crippen LogP contribution in [0.3, 0.4) is 0 Å². The monoisotopic (exact) mass is 376 g/mol. The lowest BCUT2D eigenvalue weighted by Crippen LogP contribution is -2.52. The lowest BCUT2D eigenvalue weighted by molar-refractivity contribution is -0.0392. The van der Waals surface area contributed by atoms with Crippen molar-refractivity contribution in [2.45, 2.75) is 43.0 Å². The number of rotatable bonds is 5. The van der Waals surface area contributed by atoms with E-state index in [2.05, 4.69) is 0 Å². The van der Waals surface area contributed by atoms with Crippen molar-refractivity contribution in [3.8, 4) is 0 Å². The van der Waals surface area contributed by atoms with Gasteiger partial charge >= 0.3 is 0 Å². The summed E-state index contributed by atoms with van der Waals surface area (Å²) in [6.07, 6.45) is 10.6. The number of aliphatic hydroxyl groups is 2. The molecule has 1 saturated heterocycles. The molecule has 0 amide bonds. The summed E-state index contributed by atoms with van der Waals surface area (Å²) < 4.78 is 23.0. The largest absolute Gasteiger partial charge is 0.500 e. The molecule has 0 radical (unpaired) electrons. The Morgan fingerprint density at radius 3 is 2.48 bits per heavy atom. The number of aliphatic hydroxyl groups excluding tert-OH is 1. The lowest BCUT2D eigenvalue weighted by atomic mass is 9.65. The predicted octanol–water partition coefficient (Wildman–Crippen LogP) is 2.20. The third-order valence-electron chi connectivity index (χ3n) is 6.56. The molecule has 5 atom stereocenters. The summed E-state index contributed by atoms with van der Waals surface area (Å²) in [5.41, 5.74) is -1.28. The maximum Gasteiger partial charge on any atom is 0.130 e. The maximum atomic E-state index is 11.9. The van der Waals surface area contributed by atoms with Gasteiger partial charge in [0.15, 0.2) is 0 Å². The van der Waals surface area contributed by atoms with Gasteiger partial charge in [0, 0.05) is 5.57 Å². The van der Waals surface area contributed by atoms with Crippen molar-refractivity contribution < 1.29 is 29.2 Å². The molecule has 1 heterocycles. The van der Waals surface area contributed by atoms with Crippen molar-refractivity contribution in [3.63, 3.8) is 0 Å². The number of methoxy groups -OCH3 is 3. The van der Waals surface area contributed by atoms with Gasteiger partial charge in [-0.2, -0.15) is 0 Å². The zero-order valence-electron chi connectivity index (χ0n) is 16.1. The van der Waals surface area contributed by atoms with Crippen LogP contribution in [0.1, 0.15) is 25.7 Å². The molecular formula is C21H28O6. The normalized spacial score (nSPS) is 40.3. The number of hydrogen-bond acceptors (Lipinski definition) is 6. The van der Waals surface area contributed by atoms with Crippen LogP contribution in [0.5, 0.6) is 0 Å².